The maximum atomic E-state index is 12.7. The molecule has 1 atom stereocenters. The van der Waals surface area contributed by atoms with Gasteiger partial charge in [0.05, 0.1) is 0 Å². The summed E-state index contributed by atoms with van der Waals surface area (Å²) in [4.78, 5) is 0. The highest BCUT2D eigenvalue weighted by Gasteiger charge is 2.08. The number of halogens is 1. The fraction of sp³-hybridized carbons (Fsp3) is 0.538. The molecule has 1 aromatic carbocycles. The first-order valence-corrected chi connectivity index (χ1v) is 5.74. The number of hydrogen-bond acceptors (Lipinski definition) is 1. The summed E-state index contributed by atoms with van der Waals surface area (Å²) in [5.41, 5.74) is 1.22. The lowest BCUT2D eigenvalue weighted by molar-refractivity contribution is 0.564. The van der Waals surface area contributed by atoms with E-state index in [0.29, 0.717) is 5.92 Å². The number of rotatable bonds is 6. The Bertz CT molecular complexity index is 268. The maximum absolute atomic E-state index is 12.7. The van der Waals surface area contributed by atoms with E-state index in [0.717, 1.165) is 25.9 Å². The molecule has 0 saturated heterocycles. The van der Waals surface area contributed by atoms with E-state index in [-0.39, 0.29) is 5.82 Å². The quantitative estimate of drug-likeness (QED) is 0.709. The Morgan fingerprint density at radius 2 is 1.87 bits per heavy atom. The summed E-state index contributed by atoms with van der Waals surface area (Å²) in [5, 5.41) is 3.41. The molecule has 0 bridgehead atoms. The third-order valence-corrected chi connectivity index (χ3v) is 2.65. The van der Waals surface area contributed by atoms with Crippen LogP contribution in [0.15, 0.2) is 24.3 Å². The van der Waals surface area contributed by atoms with Crippen molar-refractivity contribution in [2.24, 2.45) is 0 Å². The Morgan fingerprint density at radius 3 is 2.40 bits per heavy atom. The number of benzene rings is 1. The number of hydrogen-bond donors (Lipinski definition) is 1. The summed E-state index contributed by atoms with van der Waals surface area (Å²) in [6.07, 6.45) is 2.24. The Morgan fingerprint density at radius 1 is 1.20 bits per heavy atom. The molecule has 0 radical (unpaired) electrons. The smallest absolute Gasteiger partial charge is 0.123 e. The lowest BCUT2D eigenvalue weighted by Crippen LogP contribution is -2.21. The van der Waals surface area contributed by atoms with Gasteiger partial charge in [0, 0.05) is 6.54 Å². The van der Waals surface area contributed by atoms with Crippen molar-refractivity contribution in [1.82, 2.24) is 5.32 Å². The zero-order valence-electron chi connectivity index (χ0n) is 9.59. The van der Waals surface area contributed by atoms with E-state index in [1.165, 1.54) is 17.7 Å². The van der Waals surface area contributed by atoms with Crippen molar-refractivity contribution >= 4 is 0 Å². The van der Waals surface area contributed by atoms with Gasteiger partial charge >= 0.3 is 0 Å². The van der Waals surface area contributed by atoms with Crippen LogP contribution >= 0.6 is 0 Å². The van der Waals surface area contributed by atoms with Crippen LogP contribution in [0.2, 0.25) is 0 Å². The summed E-state index contributed by atoms with van der Waals surface area (Å²) in [6, 6.07) is 6.85. The van der Waals surface area contributed by atoms with E-state index < -0.39 is 0 Å². The highest BCUT2D eigenvalue weighted by Crippen LogP contribution is 2.18. The third kappa shape index (κ3) is 4.00. The maximum Gasteiger partial charge on any atom is 0.123 e. The van der Waals surface area contributed by atoms with Crippen LogP contribution in [-0.2, 0) is 0 Å². The van der Waals surface area contributed by atoms with E-state index in [2.05, 4.69) is 19.2 Å². The molecule has 1 nitrogen and oxygen atoms in total. The van der Waals surface area contributed by atoms with E-state index in [1.807, 2.05) is 12.1 Å². The van der Waals surface area contributed by atoms with Crippen molar-refractivity contribution < 1.29 is 4.39 Å². The molecule has 0 aromatic heterocycles. The van der Waals surface area contributed by atoms with E-state index in [1.54, 1.807) is 0 Å². The first kappa shape index (κ1) is 12.2. The van der Waals surface area contributed by atoms with Gasteiger partial charge in [0.25, 0.3) is 0 Å². The summed E-state index contributed by atoms with van der Waals surface area (Å²) >= 11 is 0. The molecular formula is C13H20FN. The molecule has 1 unspecified atom stereocenters. The van der Waals surface area contributed by atoms with E-state index in [9.17, 15) is 4.39 Å². The first-order valence-electron chi connectivity index (χ1n) is 5.74. The van der Waals surface area contributed by atoms with Crippen molar-refractivity contribution in [2.45, 2.75) is 32.6 Å². The molecule has 0 spiro atoms. The van der Waals surface area contributed by atoms with Crippen LogP contribution in [0.3, 0.4) is 0 Å². The minimum Gasteiger partial charge on any atom is -0.316 e. The summed E-state index contributed by atoms with van der Waals surface area (Å²) in [7, 11) is 0. The van der Waals surface area contributed by atoms with Crippen LogP contribution in [0.4, 0.5) is 4.39 Å². The fourth-order valence-corrected chi connectivity index (χ4v) is 1.69. The van der Waals surface area contributed by atoms with Crippen LogP contribution in [0, 0.1) is 5.82 Å². The molecule has 0 fully saturated rings. The molecular weight excluding hydrogens is 189 g/mol. The van der Waals surface area contributed by atoms with Gasteiger partial charge in [-0.2, -0.15) is 0 Å². The summed E-state index contributed by atoms with van der Waals surface area (Å²) in [5.74, 6) is 0.340. The first-order chi connectivity index (χ1) is 7.27. The molecule has 0 heterocycles. The Labute approximate surface area is 91.7 Å². The van der Waals surface area contributed by atoms with Crippen LogP contribution in [0.1, 0.15) is 38.2 Å². The average molecular weight is 209 g/mol. The van der Waals surface area contributed by atoms with Gasteiger partial charge in [-0.25, -0.2) is 4.39 Å². The zero-order chi connectivity index (χ0) is 11.1. The molecule has 1 aromatic rings. The monoisotopic (exact) mass is 209 g/mol. The van der Waals surface area contributed by atoms with Crippen LogP contribution < -0.4 is 5.32 Å². The van der Waals surface area contributed by atoms with Gasteiger partial charge in [-0.1, -0.05) is 26.0 Å². The minimum atomic E-state index is -0.157. The molecule has 0 aliphatic rings. The van der Waals surface area contributed by atoms with Crippen molar-refractivity contribution in [3.05, 3.63) is 35.6 Å². The Balaban J connectivity index is 2.53. The van der Waals surface area contributed by atoms with Gasteiger partial charge in [0.1, 0.15) is 5.82 Å². The van der Waals surface area contributed by atoms with Crippen LogP contribution in [0.5, 0.6) is 0 Å². The molecule has 1 N–H and O–H groups in total. The molecule has 84 valence electrons. The van der Waals surface area contributed by atoms with Crippen molar-refractivity contribution in [3.63, 3.8) is 0 Å². The standard InChI is InChI=1S/C13H20FN/c1-3-9-15-10-11(4-2)12-5-7-13(14)8-6-12/h5-8,11,15H,3-4,9-10H2,1-2H3. The predicted molar refractivity (Wildman–Crippen MR) is 62.6 cm³/mol. The molecule has 2 heteroatoms. The van der Waals surface area contributed by atoms with Gasteiger partial charge in [-0.05, 0) is 43.0 Å². The van der Waals surface area contributed by atoms with Gasteiger partial charge in [0.15, 0.2) is 0 Å². The van der Waals surface area contributed by atoms with Crippen molar-refractivity contribution in [2.75, 3.05) is 13.1 Å². The third-order valence-electron chi connectivity index (χ3n) is 2.65. The highest BCUT2D eigenvalue weighted by molar-refractivity contribution is 5.20. The lowest BCUT2D eigenvalue weighted by atomic mass is 9.96. The highest BCUT2D eigenvalue weighted by atomic mass is 19.1. The fourth-order valence-electron chi connectivity index (χ4n) is 1.69. The summed E-state index contributed by atoms with van der Waals surface area (Å²) < 4.78 is 12.7. The van der Waals surface area contributed by atoms with Crippen molar-refractivity contribution in [3.8, 4) is 0 Å². The van der Waals surface area contributed by atoms with Gasteiger partial charge in [0.2, 0.25) is 0 Å². The second kappa shape index (κ2) is 6.57. The summed E-state index contributed by atoms with van der Waals surface area (Å²) in [6.45, 7) is 6.36. The second-order valence-corrected chi connectivity index (χ2v) is 3.86. The molecule has 15 heavy (non-hydrogen) atoms. The average Bonchev–Trinajstić information content (AvgIpc) is 2.26. The van der Waals surface area contributed by atoms with Gasteiger partial charge in [-0.15, -0.1) is 0 Å². The van der Waals surface area contributed by atoms with E-state index >= 15 is 0 Å². The zero-order valence-corrected chi connectivity index (χ0v) is 9.59. The minimum absolute atomic E-state index is 0.157. The predicted octanol–water partition coefficient (Wildman–Crippen LogP) is 3.32. The topological polar surface area (TPSA) is 12.0 Å². The SMILES string of the molecule is CCCNCC(CC)c1ccc(F)cc1. The molecule has 1 rings (SSSR count). The van der Waals surface area contributed by atoms with Crippen LogP contribution in [-0.4, -0.2) is 13.1 Å². The van der Waals surface area contributed by atoms with Gasteiger partial charge in [-0.3, -0.25) is 0 Å². The number of nitrogens with one attached hydrogen (secondary N) is 1. The van der Waals surface area contributed by atoms with Crippen molar-refractivity contribution in [1.29, 1.82) is 0 Å². The molecule has 0 amide bonds. The Kier molecular flexibility index (Phi) is 5.33. The molecule has 0 aliphatic carbocycles. The molecule has 0 saturated carbocycles. The second-order valence-electron chi connectivity index (χ2n) is 3.86. The largest absolute Gasteiger partial charge is 0.316 e. The van der Waals surface area contributed by atoms with E-state index in [4.69, 9.17) is 0 Å². The lowest BCUT2D eigenvalue weighted by Gasteiger charge is -2.15. The molecule has 0 aliphatic heterocycles. The van der Waals surface area contributed by atoms with Crippen LogP contribution in [0.25, 0.3) is 0 Å². The van der Waals surface area contributed by atoms with Gasteiger partial charge < -0.3 is 5.32 Å². The Hall–Kier alpha value is -0.890. The normalized spacial score (nSPS) is 12.7.